The number of allylic oxidation sites excluding steroid dienone is 1. The summed E-state index contributed by atoms with van der Waals surface area (Å²) in [4.78, 5) is 1.03. The second kappa shape index (κ2) is 5.54. The van der Waals surface area contributed by atoms with Crippen LogP contribution in [0.5, 0.6) is 0 Å². The molecule has 0 saturated carbocycles. The van der Waals surface area contributed by atoms with E-state index in [-0.39, 0.29) is 5.92 Å². The van der Waals surface area contributed by atoms with Crippen LogP contribution in [0.4, 0.5) is 5.82 Å². The second-order valence-electron chi connectivity index (χ2n) is 6.06. The minimum atomic E-state index is -0.304. The summed E-state index contributed by atoms with van der Waals surface area (Å²) < 4.78 is 4.92. The number of rotatable bonds is 2. The van der Waals surface area contributed by atoms with Crippen molar-refractivity contribution in [3.8, 4) is 6.07 Å². The Morgan fingerprint density at radius 2 is 2.15 bits per heavy atom. The molecule has 1 aromatic carbocycles. The lowest BCUT2D eigenvalue weighted by molar-refractivity contribution is 0.315. The highest BCUT2D eigenvalue weighted by atomic mass is 32.1. The van der Waals surface area contributed by atoms with Gasteiger partial charge in [-0.3, -0.25) is 5.10 Å². The Hall–Kier alpha value is -3.44. The Labute approximate surface area is 151 Å². The molecule has 0 fully saturated rings. The summed E-state index contributed by atoms with van der Waals surface area (Å²) in [6.45, 7) is 2.03. The van der Waals surface area contributed by atoms with E-state index in [0.717, 1.165) is 27.3 Å². The van der Waals surface area contributed by atoms with Gasteiger partial charge in [0.15, 0.2) is 5.82 Å². The zero-order valence-electron chi connectivity index (χ0n) is 13.6. The summed E-state index contributed by atoms with van der Waals surface area (Å²) in [6, 6.07) is 10.1. The number of H-pyrrole nitrogens is 1. The predicted octanol–water partition coefficient (Wildman–Crippen LogP) is 3.81. The highest BCUT2D eigenvalue weighted by molar-refractivity contribution is 7.11. The van der Waals surface area contributed by atoms with E-state index >= 15 is 0 Å². The van der Waals surface area contributed by atoms with Gasteiger partial charge in [0.25, 0.3) is 0 Å². The number of hydrogen-bond acceptors (Lipinski definition) is 7. The van der Waals surface area contributed by atoms with Gasteiger partial charge >= 0.3 is 0 Å². The van der Waals surface area contributed by atoms with Gasteiger partial charge in [-0.1, -0.05) is 12.1 Å². The molecule has 0 spiro atoms. The minimum absolute atomic E-state index is 0.304. The number of thiophene rings is 1. The molecule has 0 radical (unpaired) electrons. The van der Waals surface area contributed by atoms with Crippen LogP contribution < -0.4 is 5.32 Å². The van der Waals surface area contributed by atoms with E-state index in [4.69, 9.17) is 4.63 Å². The third-order valence-corrected chi connectivity index (χ3v) is 5.65. The van der Waals surface area contributed by atoms with Gasteiger partial charge in [0.1, 0.15) is 11.0 Å². The van der Waals surface area contributed by atoms with Crippen molar-refractivity contribution in [3.05, 3.63) is 63.0 Å². The van der Waals surface area contributed by atoms with E-state index in [2.05, 4.69) is 31.9 Å². The topological polar surface area (TPSA) is 103 Å². The van der Waals surface area contributed by atoms with Crippen LogP contribution in [0, 0.1) is 18.3 Å². The number of nitrogens with one attached hydrogen (secondary N) is 2. The molecule has 0 amide bonds. The highest BCUT2D eigenvalue weighted by Gasteiger charge is 2.34. The lowest BCUT2D eigenvalue weighted by Crippen LogP contribution is -2.17. The molecule has 1 aliphatic rings. The number of nitrogens with zero attached hydrogens (tertiary/aromatic N) is 4. The average molecular weight is 360 g/mol. The number of nitriles is 1. The van der Waals surface area contributed by atoms with Crippen molar-refractivity contribution in [2.45, 2.75) is 12.8 Å². The number of aryl methyl sites for hydroxylation is 1. The van der Waals surface area contributed by atoms with Crippen molar-refractivity contribution in [2.75, 3.05) is 5.32 Å². The first-order chi connectivity index (χ1) is 12.8. The van der Waals surface area contributed by atoms with Gasteiger partial charge in [0.05, 0.1) is 28.1 Å². The third kappa shape index (κ3) is 2.01. The molecule has 1 unspecified atom stereocenters. The molecule has 7 nitrogen and oxygen atoms in total. The maximum atomic E-state index is 10.0. The molecule has 4 aromatic rings. The number of fused-ring (bicyclic) bond motifs is 2. The Kier molecular flexibility index (Phi) is 3.17. The van der Waals surface area contributed by atoms with Crippen LogP contribution in [-0.2, 0) is 0 Å². The number of benzene rings is 1. The van der Waals surface area contributed by atoms with E-state index in [1.807, 2.05) is 42.8 Å². The molecule has 8 heteroatoms. The second-order valence-corrected chi connectivity index (χ2v) is 6.98. The summed E-state index contributed by atoms with van der Waals surface area (Å²) in [5.41, 5.74) is 5.62. The van der Waals surface area contributed by atoms with E-state index < -0.39 is 0 Å². The fourth-order valence-electron chi connectivity index (χ4n) is 3.42. The Balaban J connectivity index is 1.82. The first-order valence-corrected chi connectivity index (χ1v) is 8.86. The molecule has 0 bridgehead atoms. The normalized spacial score (nSPS) is 16.4. The minimum Gasteiger partial charge on any atom is -0.336 e. The predicted molar refractivity (Wildman–Crippen MR) is 97.4 cm³/mol. The molecule has 26 heavy (non-hydrogen) atoms. The summed E-state index contributed by atoms with van der Waals surface area (Å²) in [7, 11) is 0. The smallest absolute Gasteiger partial charge is 0.156 e. The number of hydrogen-bond donors (Lipinski definition) is 2. The van der Waals surface area contributed by atoms with E-state index in [9.17, 15) is 5.26 Å². The average Bonchev–Trinajstić information content (AvgIpc) is 3.39. The molecule has 4 heterocycles. The van der Waals surface area contributed by atoms with Gasteiger partial charge in [-0.15, -0.1) is 11.3 Å². The zero-order chi connectivity index (χ0) is 17.7. The summed E-state index contributed by atoms with van der Waals surface area (Å²) in [5.74, 6) is 0.410. The van der Waals surface area contributed by atoms with Crippen molar-refractivity contribution in [2.24, 2.45) is 0 Å². The van der Waals surface area contributed by atoms with Crippen molar-refractivity contribution in [1.82, 2.24) is 20.5 Å². The monoisotopic (exact) mass is 360 g/mol. The molecule has 1 aliphatic heterocycles. The van der Waals surface area contributed by atoms with Crippen LogP contribution in [-0.4, -0.2) is 20.5 Å². The first kappa shape index (κ1) is 14.9. The Morgan fingerprint density at radius 3 is 2.96 bits per heavy atom. The molecule has 1 atom stereocenters. The van der Waals surface area contributed by atoms with Crippen LogP contribution in [0.15, 0.2) is 46.0 Å². The van der Waals surface area contributed by atoms with Crippen LogP contribution in [0.2, 0.25) is 0 Å². The largest absolute Gasteiger partial charge is 0.336 e. The molecule has 3 aromatic heterocycles. The number of aromatic nitrogens is 4. The fourth-order valence-corrected chi connectivity index (χ4v) is 4.36. The first-order valence-electron chi connectivity index (χ1n) is 7.98. The molecule has 126 valence electrons. The molecular weight excluding hydrogens is 348 g/mol. The quantitative estimate of drug-likeness (QED) is 0.563. The maximum absolute atomic E-state index is 10.0. The van der Waals surface area contributed by atoms with E-state index in [0.29, 0.717) is 22.4 Å². The Morgan fingerprint density at radius 1 is 1.23 bits per heavy atom. The van der Waals surface area contributed by atoms with Crippen molar-refractivity contribution >= 4 is 33.9 Å². The van der Waals surface area contributed by atoms with Gasteiger partial charge < -0.3 is 5.32 Å². The van der Waals surface area contributed by atoms with Crippen molar-refractivity contribution < 1.29 is 4.63 Å². The standard InChI is InChI=1S/C18H12N6OS/c1-9-5-6-26-17(9)16-11(7-19)14(12-8-20-22-18(12)21-16)10-3-2-4-13-15(10)24-25-23-13/h2-6,8,14H,1H3,(H2,20,21,22). The molecule has 5 rings (SSSR count). The van der Waals surface area contributed by atoms with Crippen molar-refractivity contribution in [1.29, 1.82) is 5.26 Å². The van der Waals surface area contributed by atoms with Crippen LogP contribution >= 0.6 is 11.3 Å². The number of anilines is 1. The summed E-state index contributed by atoms with van der Waals surface area (Å²) in [5, 5.41) is 30.6. The van der Waals surface area contributed by atoms with E-state index in [1.54, 1.807) is 11.3 Å². The van der Waals surface area contributed by atoms with Gasteiger partial charge in [-0.25, -0.2) is 4.63 Å². The lowest BCUT2D eigenvalue weighted by atomic mass is 9.82. The highest BCUT2D eigenvalue weighted by Crippen LogP contribution is 2.45. The molecule has 0 saturated heterocycles. The van der Waals surface area contributed by atoms with Crippen LogP contribution in [0.25, 0.3) is 16.7 Å². The lowest BCUT2D eigenvalue weighted by Gasteiger charge is -2.25. The molecule has 0 aliphatic carbocycles. The van der Waals surface area contributed by atoms with Gasteiger partial charge in [0.2, 0.25) is 0 Å². The zero-order valence-corrected chi connectivity index (χ0v) is 14.5. The van der Waals surface area contributed by atoms with E-state index in [1.165, 1.54) is 0 Å². The Bertz CT molecular complexity index is 1210. The van der Waals surface area contributed by atoms with Gasteiger partial charge in [0, 0.05) is 11.8 Å². The molecule has 2 N–H and O–H groups in total. The van der Waals surface area contributed by atoms with Gasteiger partial charge in [-0.2, -0.15) is 10.4 Å². The summed E-state index contributed by atoms with van der Waals surface area (Å²) >= 11 is 1.60. The van der Waals surface area contributed by atoms with Crippen LogP contribution in [0.1, 0.15) is 27.5 Å². The fraction of sp³-hybridized carbons (Fsp3) is 0.111. The number of aromatic amines is 1. The SMILES string of the molecule is Cc1ccsc1C1=C(C#N)C(c2cccc3nonc23)c2c[nH]nc2N1. The van der Waals surface area contributed by atoms with Crippen LogP contribution in [0.3, 0.4) is 0 Å². The maximum Gasteiger partial charge on any atom is 0.156 e. The van der Waals surface area contributed by atoms with Gasteiger partial charge in [-0.05, 0) is 45.9 Å². The molecular formula is C18H12N6OS. The summed E-state index contributed by atoms with van der Waals surface area (Å²) in [6.07, 6.45) is 1.81. The van der Waals surface area contributed by atoms with Crippen molar-refractivity contribution in [3.63, 3.8) is 0 Å². The third-order valence-electron chi connectivity index (χ3n) is 4.62.